The van der Waals surface area contributed by atoms with E-state index in [1.807, 2.05) is 0 Å². The molecule has 0 radical (unpaired) electrons. The smallest absolute Gasteiger partial charge is 0.223 e. The van der Waals surface area contributed by atoms with Crippen LogP contribution in [0.4, 0.5) is 0 Å². The van der Waals surface area contributed by atoms with Crippen molar-refractivity contribution in [2.75, 3.05) is 0 Å². The summed E-state index contributed by atoms with van der Waals surface area (Å²) >= 11 is 0. The summed E-state index contributed by atoms with van der Waals surface area (Å²) in [6.07, 6.45) is 6.92. The van der Waals surface area contributed by atoms with Gasteiger partial charge in [-0.3, -0.25) is 4.79 Å². The van der Waals surface area contributed by atoms with Gasteiger partial charge in [-0.05, 0) is 49.4 Å². The molecule has 1 amide bonds. The van der Waals surface area contributed by atoms with Crippen LogP contribution < -0.4 is 11.1 Å². The number of hydrogen-bond acceptors (Lipinski definition) is 2. The van der Waals surface area contributed by atoms with E-state index in [9.17, 15) is 4.79 Å². The first-order chi connectivity index (χ1) is 9.90. The van der Waals surface area contributed by atoms with Crippen LogP contribution in [0.5, 0.6) is 0 Å². The highest BCUT2D eigenvalue weighted by molar-refractivity contribution is 5.79. The highest BCUT2D eigenvalue weighted by Gasteiger charge is 2.37. The van der Waals surface area contributed by atoms with Gasteiger partial charge in [-0.2, -0.15) is 0 Å². The molecule has 2 rings (SSSR count). The molecule has 0 heterocycles. The molecule has 0 saturated heterocycles. The quantitative estimate of drug-likeness (QED) is 0.839. The second-order valence-electron chi connectivity index (χ2n) is 8.00. The molecule has 6 unspecified atom stereocenters. The fourth-order valence-corrected chi connectivity index (χ4v) is 4.48. The van der Waals surface area contributed by atoms with Crippen molar-refractivity contribution < 1.29 is 4.79 Å². The van der Waals surface area contributed by atoms with E-state index in [4.69, 9.17) is 5.73 Å². The summed E-state index contributed by atoms with van der Waals surface area (Å²) in [5.74, 6) is 2.69. The summed E-state index contributed by atoms with van der Waals surface area (Å²) in [4.78, 5) is 12.7. The summed E-state index contributed by atoms with van der Waals surface area (Å²) in [6.45, 7) is 9.00. The predicted molar refractivity (Wildman–Crippen MR) is 87.8 cm³/mol. The molecule has 0 aliphatic heterocycles. The molecule has 0 aromatic rings. The van der Waals surface area contributed by atoms with E-state index in [1.54, 1.807) is 0 Å². The summed E-state index contributed by atoms with van der Waals surface area (Å²) in [5, 5.41) is 3.39. The van der Waals surface area contributed by atoms with Gasteiger partial charge in [0.05, 0.1) is 0 Å². The van der Waals surface area contributed by atoms with E-state index in [0.717, 1.165) is 19.3 Å². The van der Waals surface area contributed by atoms with Gasteiger partial charge in [-0.25, -0.2) is 0 Å². The van der Waals surface area contributed by atoms with Gasteiger partial charge >= 0.3 is 0 Å². The Labute approximate surface area is 130 Å². The van der Waals surface area contributed by atoms with Gasteiger partial charge in [0.25, 0.3) is 0 Å². The van der Waals surface area contributed by atoms with Gasteiger partial charge in [-0.15, -0.1) is 0 Å². The molecule has 2 fully saturated rings. The Morgan fingerprint density at radius 1 is 1.10 bits per heavy atom. The molecule has 21 heavy (non-hydrogen) atoms. The average molecular weight is 294 g/mol. The minimum atomic E-state index is 0.117. The third kappa shape index (κ3) is 4.00. The molecular weight excluding hydrogens is 260 g/mol. The molecule has 0 aromatic heterocycles. The van der Waals surface area contributed by atoms with Crippen LogP contribution in [-0.2, 0) is 4.79 Å². The molecule has 2 aliphatic rings. The highest BCUT2D eigenvalue weighted by atomic mass is 16.2. The van der Waals surface area contributed by atoms with E-state index in [-0.39, 0.29) is 17.9 Å². The zero-order valence-corrected chi connectivity index (χ0v) is 14.3. The molecule has 2 saturated carbocycles. The summed E-state index contributed by atoms with van der Waals surface area (Å²) < 4.78 is 0. The Balaban J connectivity index is 1.96. The van der Waals surface area contributed by atoms with Crippen molar-refractivity contribution in [1.29, 1.82) is 0 Å². The van der Waals surface area contributed by atoms with Gasteiger partial charge in [-0.1, -0.05) is 40.5 Å². The fourth-order valence-electron chi connectivity index (χ4n) is 4.48. The maximum absolute atomic E-state index is 12.7. The fraction of sp³-hybridized carbons (Fsp3) is 0.944. The number of carbonyl (C=O) groups excluding carboxylic acids is 1. The van der Waals surface area contributed by atoms with Crippen LogP contribution in [-0.4, -0.2) is 18.0 Å². The number of amides is 1. The Hall–Kier alpha value is -0.570. The van der Waals surface area contributed by atoms with Gasteiger partial charge < -0.3 is 11.1 Å². The minimum absolute atomic E-state index is 0.117. The standard InChI is InChI=1S/C18H34N2O/c1-11(2)14-7-5-6-8-17(14)20-18(21)15-10-16(19)13(4)9-12(15)3/h11-17H,5-10,19H2,1-4H3,(H,20,21). The lowest BCUT2D eigenvalue weighted by atomic mass is 9.72. The monoisotopic (exact) mass is 294 g/mol. The van der Waals surface area contributed by atoms with Crippen LogP contribution in [0.25, 0.3) is 0 Å². The first kappa shape index (κ1) is 16.8. The predicted octanol–water partition coefficient (Wildman–Crippen LogP) is 3.33. The van der Waals surface area contributed by atoms with Crippen molar-refractivity contribution in [3.63, 3.8) is 0 Å². The summed E-state index contributed by atoms with van der Waals surface area (Å²) in [6, 6.07) is 0.568. The topological polar surface area (TPSA) is 55.1 Å². The van der Waals surface area contributed by atoms with Gasteiger partial charge in [0, 0.05) is 18.0 Å². The van der Waals surface area contributed by atoms with Gasteiger partial charge in [0.1, 0.15) is 0 Å². The van der Waals surface area contributed by atoms with E-state index in [0.29, 0.717) is 29.7 Å². The second kappa shape index (κ2) is 7.13. The molecule has 3 heteroatoms. The molecular formula is C18H34N2O. The molecule has 0 bridgehead atoms. The van der Waals surface area contributed by atoms with Crippen molar-refractivity contribution in [2.45, 2.75) is 78.3 Å². The molecule has 3 nitrogen and oxygen atoms in total. The van der Waals surface area contributed by atoms with Crippen LogP contribution in [0, 0.1) is 29.6 Å². The molecule has 2 aliphatic carbocycles. The largest absolute Gasteiger partial charge is 0.353 e. The van der Waals surface area contributed by atoms with E-state index >= 15 is 0 Å². The summed E-state index contributed by atoms with van der Waals surface area (Å²) in [5.41, 5.74) is 6.20. The van der Waals surface area contributed by atoms with Crippen molar-refractivity contribution in [1.82, 2.24) is 5.32 Å². The van der Waals surface area contributed by atoms with Crippen LogP contribution >= 0.6 is 0 Å². The second-order valence-corrected chi connectivity index (χ2v) is 8.00. The van der Waals surface area contributed by atoms with Crippen molar-refractivity contribution in [3.05, 3.63) is 0 Å². The molecule has 0 aromatic carbocycles. The Kier molecular flexibility index (Phi) is 5.70. The summed E-state index contributed by atoms with van der Waals surface area (Å²) in [7, 11) is 0. The van der Waals surface area contributed by atoms with Gasteiger partial charge in [0.15, 0.2) is 0 Å². The normalized spacial score (nSPS) is 41.0. The third-order valence-corrected chi connectivity index (χ3v) is 6.03. The van der Waals surface area contributed by atoms with Crippen molar-refractivity contribution >= 4 is 5.91 Å². The first-order valence-electron chi connectivity index (χ1n) is 8.96. The van der Waals surface area contributed by atoms with E-state index in [1.165, 1.54) is 19.3 Å². The lowest BCUT2D eigenvalue weighted by Gasteiger charge is -2.39. The van der Waals surface area contributed by atoms with Crippen LogP contribution in [0.1, 0.15) is 66.2 Å². The maximum Gasteiger partial charge on any atom is 0.223 e. The molecule has 6 atom stereocenters. The number of nitrogens with one attached hydrogen (secondary N) is 1. The molecule has 0 spiro atoms. The lowest BCUT2D eigenvalue weighted by molar-refractivity contribution is -0.129. The van der Waals surface area contributed by atoms with E-state index < -0.39 is 0 Å². The Bertz CT molecular complexity index is 355. The molecule has 3 N–H and O–H groups in total. The average Bonchev–Trinajstić information content (AvgIpc) is 2.43. The van der Waals surface area contributed by atoms with Crippen molar-refractivity contribution in [3.8, 4) is 0 Å². The van der Waals surface area contributed by atoms with Gasteiger partial charge in [0.2, 0.25) is 5.91 Å². The maximum atomic E-state index is 12.7. The number of carbonyl (C=O) groups is 1. The van der Waals surface area contributed by atoms with Crippen LogP contribution in [0.2, 0.25) is 0 Å². The number of nitrogens with two attached hydrogens (primary N) is 1. The van der Waals surface area contributed by atoms with E-state index in [2.05, 4.69) is 33.0 Å². The minimum Gasteiger partial charge on any atom is -0.353 e. The third-order valence-electron chi connectivity index (χ3n) is 6.03. The zero-order chi connectivity index (χ0) is 15.6. The molecule has 122 valence electrons. The number of hydrogen-bond donors (Lipinski definition) is 2. The zero-order valence-electron chi connectivity index (χ0n) is 14.3. The SMILES string of the molecule is CC(C)C1CCCCC1NC(=O)C1CC(N)C(C)CC1C. The van der Waals surface area contributed by atoms with Crippen LogP contribution in [0.15, 0.2) is 0 Å². The highest BCUT2D eigenvalue weighted by Crippen LogP contribution is 2.34. The van der Waals surface area contributed by atoms with Crippen LogP contribution in [0.3, 0.4) is 0 Å². The number of rotatable bonds is 3. The van der Waals surface area contributed by atoms with Crippen molar-refractivity contribution in [2.24, 2.45) is 35.3 Å². The lowest BCUT2D eigenvalue weighted by Crippen LogP contribution is -2.50. The Morgan fingerprint density at radius 2 is 1.76 bits per heavy atom. The Morgan fingerprint density at radius 3 is 2.43 bits per heavy atom. The first-order valence-corrected chi connectivity index (χ1v) is 8.96.